The summed E-state index contributed by atoms with van der Waals surface area (Å²) in [6.07, 6.45) is 6.21. The summed E-state index contributed by atoms with van der Waals surface area (Å²) in [7, 11) is 0. The van der Waals surface area contributed by atoms with Crippen molar-refractivity contribution in [2.75, 3.05) is 6.54 Å². The van der Waals surface area contributed by atoms with Crippen LogP contribution in [0.1, 0.15) is 45.1 Å². The molecule has 1 aromatic rings. The minimum Gasteiger partial charge on any atom is -0.314 e. The van der Waals surface area contributed by atoms with Crippen molar-refractivity contribution in [3.8, 4) is 0 Å². The van der Waals surface area contributed by atoms with Gasteiger partial charge in [0.25, 0.3) is 5.69 Å². The first-order chi connectivity index (χ1) is 10.1. The third kappa shape index (κ3) is 4.81. The summed E-state index contributed by atoms with van der Waals surface area (Å²) in [6, 6.07) is 7.54. The Morgan fingerprint density at radius 3 is 2.62 bits per heavy atom. The van der Waals surface area contributed by atoms with E-state index in [1.165, 1.54) is 25.7 Å². The van der Waals surface area contributed by atoms with Crippen molar-refractivity contribution in [3.63, 3.8) is 0 Å². The van der Waals surface area contributed by atoms with Crippen LogP contribution in [0.3, 0.4) is 0 Å². The fourth-order valence-corrected chi connectivity index (χ4v) is 3.22. The fraction of sp³-hybridized carbons (Fsp3) is 0.647. The van der Waals surface area contributed by atoms with Gasteiger partial charge >= 0.3 is 0 Å². The van der Waals surface area contributed by atoms with E-state index < -0.39 is 0 Å². The molecule has 4 heteroatoms. The summed E-state index contributed by atoms with van der Waals surface area (Å²) < 4.78 is 0. The molecule has 4 nitrogen and oxygen atoms in total. The van der Waals surface area contributed by atoms with Crippen LogP contribution in [-0.2, 0) is 6.42 Å². The summed E-state index contributed by atoms with van der Waals surface area (Å²) in [6.45, 7) is 5.60. The normalized spacial score (nSPS) is 22.4. The van der Waals surface area contributed by atoms with E-state index in [0.29, 0.717) is 6.04 Å². The SMILES string of the molecule is CC(C)C1CCCC(NCCc2ccc([N+](=O)[O-])cc2)C1. The van der Waals surface area contributed by atoms with E-state index in [-0.39, 0.29) is 10.6 Å². The Hall–Kier alpha value is -1.42. The molecular formula is C17H26N2O2. The monoisotopic (exact) mass is 290 g/mol. The van der Waals surface area contributed by atoms with E-state index in [9.17, 15) is 10.1 Å². The van der Waals surface area contributed by atoms with Gasteiger partial charge in [-0.3, -0.25) is 10.1 Å². The minimum absolute atomic E-state index is 0.166. The predicted molar refractivity (Wildman–Crippen MR) is 85.4 cm³/mol. The molecule has 0 spiro atoms. The number of nitrogens with one attached hydrogen (secondary N) is 1. The molecule has 1 aliphatic rings. The molecule has 1 saturated carbocycles. The van der Waals surface area contributed by atoms with Crippen molar-refractivity contribution >= 4 is 5.69 Å². The molecule has 0 amide bonds. The molecule has 1 aliphatic carbocycles. The Labute approximate surface area is 127 Å². The van der Waals surface area contributed by atoms with Gasteiger partial charge in [-0.2, -0.15) is 0 Å². The maximum absolute atomic E-state index is 10.6. The maximum atomic E-state index is 10.6. The summed E-state index contributed by atoms with van der Waals surface area (Å²) in [5.41, 5.74) is 1.32. The van der Waals surface area contributed by atoms with Crippen molar-refractivity contribution < 1.29 is 4.92 Å². The van der Waals surface area contributed by atoms with Gasteiger partial charge in [0.1, 0.15) is 0 Å². The van der Waals surface area contributed by atoms with Crippen LogP contribution in [0.2, 0.25) is 0 Å². The van der Waals surface area contributed by atoms with Gasteiger partial charge < -0.3 is 5.32 Å². The van der Waals surface area contributed by atoms with Crippen LogP contribution in [0.15, 0.2) is 24.3 Å². The van der Waals surface area contributed by atoms with Crippen LogP contribution >= 0.6 is 0 Å². The largest absolute Gasteiger partial charge is 0.314 e. The van der Waals surface area contributed by atoms with E-state index in [4.69, 9.17) is 0 Å². The third-order valence-corrected chi connectivity index (χ3v) is 4.65. The molecule has 116 valence electrons. The lowest BCUT2D eigenvalue weighted by Gasteiger charge is -2.32. The highest BCUT2D eigenvalue weighted by Gasteiger charge is 2.23. The molecular weight excluding hydrogens is 264 g/mol. The lowest BCUT2D eigenvalue weighted by atomic mass is 9.79. The molecule has 0 aliphatic heterocycles. The Kier molecular flexibility index (Phi) is 5.74. The number of benzene rings is 1. The molecule has 0 aromatic heterocycles. The fourth-order valence-electron chi connectivity index (χ4n) is 3.22. The second-order valence-corrected chi connectivity index (χ2v) is 6.50. The van der Waals surface area contributed by atoms with Crippen LogP contribution in [0.4, 0.5) is 5.69 Å². The van der Waals surface area contributed by atoms with Crippen molar-refractivity contribution in [1.29, 1.82) is 0 Å². The van der Waals surface area contributed by atoms with Crippen molar-refractivity contribution in [2.45, 2.75) is 52.0 Å². The average Bonchev–Trinajstić information content (AvgIpc) is 2.48. The minimum atomic E-state index is -0.351. The van der Waals surface area contributed by atoms with Gasteiger partial charge in [0, 0.05) is 18.2 Å². The molecule has 1 fully saturated rings. The second-order valence-electron chi connectivity index (χ2n) is 6.50. The molecule has 21 heavy (non-hydrogen) atoms. The first-order valence-corrected chi connectivity index (χ1v) is 8.03. The van der Waals surface area contributed by atoms with Gasteiger partial charge in [-0.05, 0) is 43.2 Å². The van der Waals surface area contributed by atoms with Crippen molar-refractivity contribution in [2.24, 2.45) is 11.8 Å². The van der Waals surface area contributed by atoms with Crippen LogP contribution in [0.25, 0.3) is 0 Å². The van der Waals surface area contributed by atoms with E-state index in [1.54, 1.807) is 12.1 Å². The molecule has 2 rings (SSSR count). The van der Waals surface area contributed by atoms with Gasteiger partial charge in [-0.15, -0.1) is 0 Å². The van der Waals surface area contributed by atoms with Crippen LogP contribution in [-0.4, -0.2) is 17.5 Å². The summed E-state index contributed by atoms with van der Waals surface area (Å²) in [4.78, 5) is 10.3. The van der Waals surface area contributed by atoms with Gasteiger partial charge in [0.15, 0.2) is 0 Å². The Morgan fingerprint density at radius 2 is 2.00 bits per heavy atom. The standard InChI is InChI=1S/C17H26N2O2/c1-13(2)15-4-3-5-16(12-15)18-11-10-14-6-8-17(9-7-14)19(20)21/h6-9,13,15-16,18H,3-5,10-12H2,1-2H3. The highest BCUT2D eigenvalue weighted by atomic mass is 16.6. The van der Waals surface area contributed by atoms with Crippen molar-refractivity contribution in [3.05, 3.63) is 39.9 Å². The summed E-state index contributed by atoms with van der Waals surface area (Å²) in [5.74, 6) is 1.64. The van der Waals surface area contributed by atoms with Crippen molar-refractivity contribution in [1.82, 2.24) is 5.32 Å². The van der Waals surface area contributed by atoms with E-state index in [0.717, 1.165) is 30.4 Å². The molecule has 0 bridgehead atoms. The van der Waals surface area contributed by atoms with Crippen LogP contribution in [0.5, 0.6) is 0 Å². The Balaban J connectivity index is 1.75. The van der Waals surface area contributed by atoms with E-state index in [1.807, 2.05) is 12.1 Å². The lowest BCUT2D eigenvalue weighted by Crippen LogP contribution is -2.36. The Morgan fingerprint density at radius 1 is 1.29 bits per heavy atom. The maximum Gasteiger partial charge on any atom is 0.269 e. The zero-order chi connectivity index (χ0) is 15.2. The van der Waals surface area contributed by atoms with E-state index in [2.05, 4.69) is 19.2 Å². The first kappa shape index (κ1) is 16.0. The number of hydrogen-bond donors (Lipinski definition) is 1. The zero-order valence-electron chi connectivity index (χ0n) is 13.0. The number of nitrogens with zero attached hydrogens (tertiary/aromatic N) is 1. The highest BCUT2D eigenvalue weighted by Crippen LogP contribution is 2.29. The molecule has 2 atom stereocenters. The number of rotatable bonds is 6. The lowest BCUT2D eigenvalue weighted by molar-refractivity contribution is -0.384. The number of non-ortho nitro benzene ring substituents is 1. The Bertz CT molecular complexity index is 456. The predicted octanol–water partition coefficient (Wildman–Crippen LogP) is 3.94. The highest BCUT2D eigenvalue weighted by molar-refractivity contribution is 5.32. The number of nitro groups is 1. The van der Waals surface area contributed by atoms with Gasteiger partial charge in [-0.1, -0.05) is 38.8 Å². The quantitative estimate of drug-likeness (QED) is 0.637. The van der Waals surface area contributed by atoms with E-state index >= 15 is 0 Å². The summed E-state index contributed by atoms with van der Waals surface area (Å²) in [5, 5.41) is 14.3. The second kappa shape index (κ2) is 7.55. The zero-order valence-corrected chi connectivity index (χ0v) is 13.0. The third-order valence-electron chi connectivity index (χ3n) is 4.65. The molecule has 2 unspecified atom stereocenters. The number of nitro benzene ring substituents is 1. The molecule has 0 radical (unpaired) electrons. The summed E-state index contributed by atoms with van der Waals surface area (Å²) >= 11 is 0. The molecule has 0 heterocycles. The van der Waals surface area contributed by atoms with Gasteiger partial charge in [0.2, 0.25) is 0 Å². The molecule has 0 saturated heterocycles. The first-order valence-electron chi connectivity index (χ1n) is 8.03. The van der Waals surface area contributed by atoms with Crippen LogP contribution < -0.4 is 5.32 Å². The number of hydrogen-bond acceptors (Lipinski definition) is 3. The van der Waals surface area contributed by atoms with Gasteiger partial charge in [0.05, 0.1) is 4.92 Å². The average molecular weight is 290 g/mol. The molecule has 1 N–H and O–H groups in total. The topological polar surface area (TPSA) is 55.2 Å². The smallest absolute Gasteiger partial charge is 0.269 e. The van der Waals surface area contributed by atoms with Gasteiger partial charge in [-0.25, -0.2) is 0 Å². The van der Waals surface area contributed by atoms with Crippen LogP contribution in [0, 0.1) is 22.0 Å². The molecule has 1 aromatic carbocycles.